The third kappa shape index (κ3) is 4.49. The van der Waals surface area contributed by atoms with Crippen molar-refractivity contribution in [1.29, 1.82) is 0 Å². The van der Waals surface area contributed by atoms with E-state index in [4.69, 9.17) is 16.3 Å². The van der Waals surface area contributed by atoms with Crippen molar-refractivity contribution in [2.45, 2.75) is 33.4 Å². The Hall–Kier alpha value is -1.68. The molecule has 8 nitrogen and oxygen atoms in total. The van der Waals surface area contributed by atoms with Crippen LogP contribution in [0.2, 0.25) is 5.28 Å². The van der Waals surface area contributed by atoms with Crippen LogP contribution in [0.3, 0.4) is 0 Å². The molecule has 2 aromatic rings. The van der Waals surface area contributed by atoms with Crippen LogP contribution in [0.5, 0.6) is 0 Å². The van der Waals surface area contributed by atoms with E-state index in [9.17, 15) is 9.90 Å². The van der Waals surface area contributed by atoms with Gasteiger partial charge in [0.25, 0.3) is 0 Å². The molecule has 2 saturated heterocycles. The fourth-order valence-electron chi connectivity index (χ4n) is 4.20. The van der Waals surface area contributed by atoms with Crippen molar-refractivity contribution < 1.29 is 14.6 Å². The van der Waals surface area contributed by atoms with Crippen molar-refractivity contribution >= 4 is 45.1 Å². The van der Waals surface area contributed by atoms with Gasteiger partial charge in [0.2, 0.25) is 5.28 Å². The van der Waals surface area contributed by atoms with Crippen LogP contribution in [0.4, 0.5) is 10.6 Å². The van der Waals surface area contributed by atoms with Crippen molar-refractivity contribution in [3.8, 4) is 0 Å². The van der Waals surface area contributed by atoms with Crippen LogP contribution in [0.15, 0.2) is 6.07 Å². The largest absolute Gasteiger partial charge is 0.465 e. The lowest BCUT2D eigenvalue weighted by Gasteiger charge is -2.45. The summed E-state index contributed by atoms with van der Waals surface area (Å²) in [6.07, 6.45) is -0.837. The maximum atomic E-state index is 11.7. The number of thiophene rings is 1. The highest BCUT2D eigenvalue weighted by Gasteiger charge is 2.38. The topological polar surface area (TPSA) is 82.0 Å². The Morgan fingerprint density at radius 2 is 2.00 bits per heavy atom. The highest BCUT2D eigenvalue weighted by Crippen LogP contribution is 2.34. The zero-order chi connectivity index (χ0) is 21.5. The molecule has 10 heteroatoms. The summed E-state index contributed by atoms with van der Waals surface area (Å²) in [6, 6.07) is 2.12. The monoisotopic (exact) mass is 453 g/mol. The maximum absolute atomic E-state index is 11.7. The standard InChI is InChI=1S/C20H28ClN5O3S/c1-20(2,3)15-12-24(4-5-26(15)19(27)28)11-13-10-14-16(25-6-8-29-9-7-25)22-18(21)23-17(14)30-13/h10,15H,4-9,11-12H2,1-3H3,(H,27,28). The minimum Gasteiger partial charge on any atom is -0.465 e. The van der Waals surface area contributed by atoms with Gasteiger partial charge in [0, 0.05) is 44.1 Å². The molecule has 0 spiro atoms. The molecule has 30 heavy (non-hydrogen) atoms. The summed E-state index contributed by atoms with van der Waals surface area (Å²) in [5.74, 6) is 0.874. The molecule has 2 aliphatic rings. The summed E-state index contributed by atoms with van der Waals surface area (Å²) >= 11 is 7.85. The molecule has 1 atom stereocenters. The maximum Gasteiger partial charge on any atom is 0.407 e. The van der Waals surface area contributed by atoms with Gasteiger partial charge in [-0.3, -0.25) is 4.90 Å². The molecule has 0 bridgehead atoms. The molecule has 1 amide bonds. The molecule has 2 fully saturated rings. The SMILES string of the molecule is CC(C)(C)C1CN(Cc2cc3c(N4CCOCC4)nc(Cl)nc3s2)CCN1C(=O)O. The van der Waals surface area contributed by atoms with Crippen molar-refractivity contribution in [1.82, 2.24) is 19.8 Å². The Bertz CT molecular complexity index is 925. The normalized spacial score (nSPS) is 21.4. The van der Waals surface area contributed by atoms with E-state index in [2.05, 4.69) is 46.6 Å². The summed E-state index contributed by atoms with van der Waals surface area (Å²) in [5, 5.41) is 10.9. The number of carboxylic acid groups (broad SMARTS) is 1. The number of rotatable bonds is 3. The van der Waals surface area contributed by atoms with Gasteiger partial charge in [-0.25, -0.2) is 9.78 Å². The number of aromatic nitrogens is 2. The van der Waals surface area contributed by atoms with Gasteiger partial charge < -0.3 is 19.6 Å². The van der Waals surface area contributed by atoms with E-state index in [-0.39, 0.29) is 16.7 Å². The predicted molar refractivity (Wildman–Crippen MR) is 119 cm³/mol. The number of amides is 1. The van der Waals surface area contributed by atoms with Gasteiger partial charge in [0.05, 0.1) is 24.6 Å². The smallest absolute Gasteiger partial charge is 0.407 e. The number of fused-ring (bicyclic) bond motifs is 1. The molecule has 0 radical (unpaired) electrons. The fraction of sp³-hybridized carbons (Fsp3) is 0.650. The Kier molecular flexibility index (Phi) is 6.07. The first-order chi connectivity index (χ1) is 14.2. The molecule has 1 unspecified atom stereocenters. The molecule has 4 rings (SSSR count). The summed E-state index contributed by atoms with van der Waals surface area (Å²) in [6.45, 7) is 12.0. The second-order valence-electron chi connectivity index (χ2n) is 8.94. The van der Waals surface area contributed by atoms with E-state index in [0.29, 0.717) is 26.3 Å². The highest BCUT2D eigenvalue weighted by molar-refractivity contribution is 7.18. The van der Waals surface area contributed by atoms with Gasteiger partial charge in [-0.1, -0.05) is 20.8 Å². The van der Waals surface area contributed by atoms with Crippen LogP contribution in [-0.2, 0) is 11.3 Å². The molecule has 0 aromatic carbocycles. The van der Waals surface area contributed by atoms with Crippen molar-refractivity contribution in [3.05, 3.63) is 16.2 Å². The van der Waals surface area contributed by atoms with Crippen molar-refractivity contribution in [2.75, 3.05) is 50.8 Å². The molecular weight excluding hydrogens is 426 g/mol. The lowest BCUT2D eigenvalue weighted by Crippen LogP contribution is -2.59. The van der Waals surface area contributed by atoms with E-state index in [1.54, 1.807) is 16.2 Å². The van der Waals surface area contributed by atoms with Gasteiger partial charge >= 0.3 is 6.09 Å². The molecule has 2 aromatic heterocycles. The van der Waals surface area contributed by atoms with Gasteiger partial charge in [0.1, 0.15) is 10.6 Å². The van der Waals surface area contributed by atoms with Gasteiger partial charge in [-0.05, 0) is 23.1 Å². The van der Waals surface area contributed by atoms with Crippen LogP contribution in [0, 0.1) is 5.41 Å². The van der Waals surface area contributed by atoms with Crippen LogP contribution in [-0.4, -0.2) is 82.9 Å². The Balaban J connectivity index is 1.56. The van der Waals surface area contributed by atoms with Crippen molar-refractivity contribution in [3.63, 3.8) is 0 Å². The van der Waals surface area contributed by atoms with Crippen molar-refractivity contribution in [2.24, 2.45) is 5.41 Å². The number of anilines is 1. The first kappa shape index (κ1) is 21.5. The van der Waals surface area contributed by atoms with Crippen LogP contribution in [0.25, 0.3) is 10.2 Å². The third-order valence-corrected chi connectivity index (χ3v) is 6.98. The number of nitrogens with zero attached hydrogens (tertiary/aromatic N) is 5. The van der Waals surface area contributed by atoms with E-state index in [1.165, 1.54) is 4.88 Å². The van der Waals surface area contributed by atoms with Crippen LogP contribution in [0.1, 0.15) is 25.6 Å². The molecular formula is C20H28ClN5O3S. The molecule has 164 valence electrons. The van der Waals surface area contributed by atoms with E-state index < -0.39 is 6.09 Å². The molecule has 4 heterocycles. The first-order valence-electron chi connectivity index (χ1n) is 10.2. The van der Waals surface area contributed by atoms with Crippen LogP contribution >= 0.6 is 22.9 Å². The number of hydrogen-bond acceptors (Lipinski definition) is 7. The molecule has 1 N–H and O–H groups in total. The Labute approximate surface area is 185 Å². The number of hydrogen-bond donors (Lipinski definition) is 1. The minimum absolute atomic E-state index is 0.0451. The number of ether oxygens (including phenoxy) is 1. The fourth-order valence-corrected chi connectivity index (χ4v) is 5.48. The Morgan fingerprint density at radius 3 is 2.67 bits per heavy atom. The lowest BCUT2D eigenvalue weighted by atomic mass is 9.84. The quantitative estimate of drug-likeness (QED) is 0.713. The minimum atomic E-state index is -0.837. The lowest BCUT2D eigenvalue weighted by molar-refractivity contribution is 0.0193. The second kappa shape index (κ2) is 8.45. The van der Waals surface area contributed by atoms with E-state index in [0.717, 1.165) is 42.2 Å². The summed E-state index contributed by atoms with van der Waals surface area (Å²) in [5.41, 5.74) is -0.125. The first-order valence-corrected chi connectivity index (χ1v) is 11.4. The number of carbonyl (C=O) groups is 1. The van der Waals surface area contributed by atoms with Gasteiger partial charge in [0.15, 0.2) is 0 Å². The summed E-state index contributed by atoms with van der Waals surface area (Å²) in [4.78, 5) is 28.8. The zero-order valence-corrected chi connectivity index (χ0v) is 19.2. The van der Waals surface area contributed by atoms with Gasteiger partial charge in [-0.2, -0.15) is 4.98 Å². The summed E-state index contributed by atoms with van der Waals surface area (Å²) < 4.78 is 5.46. The van der Waals surface area contributed by atoms with Gasteiger partial charge in [-0.15, -0.1) is 11.3 Å². The number of halogens is 1. The molecule has 0 aliphatic carbocycles. The van der Waals surface area contributed by atoms with E-state index in [1.807, 2.05) is 0 Å². The van der Waals surface area contributed by atoms with E-state index >= 15 is 0 Å². The summed E-state index contributed by atoms with van der Waals surface area (Å²) in [7, 11) is 0. The Morgan fingerprint density at radius 1 is 1.27 bits per heavy atom. The average molecular weight is 454 g/mol. The second-order valence-corrected chi connectivity index (χ2v) is 10.4. The number of piperazine rings is 1. The zero-order valence-electron chi connectivity index (χ0n) is 17.6. The average Bonchev–Trinajstić information content (AvgIpc) is 3.09. The third-order valence-electron chi connectivity index (χ3n) is 5.80. The highest BCUT2D eigenvalue weighted by atomic mass is 35.5. The predicted octanol–water partition coefficient (Wildman–Crippen LogP) is 3.39. The van der Waals surface area contributed by atoms with Crippen LogP contribution < -0.4 is 4.90 Å². The molecule has 2 aliphatic heterocycles. The molecule has 0 saturated carbocycles. The number of morpholine rings is 1.